The van der Waals surface area contributed by atoms with Crippen molar-refractivity contribution in [3.63, 3.8) is 0 Å². The van der Waals surface area contributed by atoms with E-state index in [1.54, 1.807) is 6.07 Å². The lowest BCUT2D eigenvalue weighted by Crippen LogP contribution is -2.41. The van der Waals surface area contributed by atoms with E-state index in [0.29, 0.717) is 5.56 Å². The Morgan fingerprint density at radius 2 is 1.95 bits per heavy atom. The van der Waals surface area contributed by atoms with Crippen LogP contribution in [0.1, 0.15) is 11.5 Å². The number of nitrogens with two attached hydrogens (primary N) is 1. The Morgan fingerprint density at radius 1 is 1.27 bits per heavy atom. The summed E-state index contributed by atoms with van der Waals surface area (Å²) >= 11 is 0. The minimum absolute atomic E-state index is 0.0329. The van der Waals surface area contributed by atoms with Gasteiger partial charge in [-0.3, -0.25) is 0 Å². The second kappa shape index (κ2) is 4.26. The molecule has 0 aromatic heterocycles. The molecule has 2 aliphatic rings. The standard InChI is InChI=1S/C15H13FN4O2/c1-21-15(22-2)14(8-18)11(9-4-3-5-10(16)6-9)13(14,7-17)12(19)20-15/h3-6,11H,1-2H3,(H2,19,20). The van der Waals surface area contributed by atoms with Crippen molar-refractivity contribution in [3.05, 3.63) is 35.6 Å². The van der Waals surface area contributed by atoms with Gasteiger partial charge in [0, 0.05) is 20.1 Å². The lowest BCUT2D eigenvalue weighted by molar-refractivity contribution is -0.230. The van der Waals surface area contributed by atoms with E-state index < -0.39 is 28.5 Å². The third kappa shape index (κ3) is 1.22. The van der Waals surface area contributed by atoms with E-state index in [-0.39, 0.29) is 5.84 Å². The minimum atomic E-state index is -1.68. The maximum Gasteiger partial charge on any atom is 0.292 e. The smallest absolute Gasteiger partial charge is 0.292 e. The highest BCUT2D eigenvalue weighted by molar-refractivity contribution is 6.00. The lowest BCUT2D eigenvalue weighted by atomic mass is 9.93. The molecule has 1 aromatic rings. The van der Waals surface area contributed by atoms with Gasteiger partial charge in [-0.25, -0.2) is 9.38 Å². The van der Waals surface area contributed by atoms with Gasteiger partial charge in [0.1, 0.15) is 17.1 Å². The molecule has 0 spiro atoms. The lowest BCUT2D eigenvalue weighted by Gasteiger charge is -2.29. The molecule has 3 unspecified atom stereocenters. The molecule has 1 heterocycles. The molecule has 0 amide bonds. The van der Waals surface area contributed by atoms with Crippen molar-refractivity contribution < 1.29 is 13.9 Å². The van der Waals surface area contributed by atoms with Gasteiger partial charge in [0.05, 0.1) is 12.1 Å². The predicted octanol–water partition coefficient (Wildman–Crippen LogP) is 1.26. The topological polar surface area (TPSA) is 104 Å². The van der Waals surface area contributed by atoms with Crippen LogP contribution in [0.5, 0.6) is 0 Å². The summed E-state index contributed by atoms with van der Waals surface area (Å²) in [5.41, 5.74) is 3.59. The van der Waals surface area contributed by atoms with Gasteiger partial charge in [0.25, 0.3) is 5.91 Å². The molecule has 2 N–H and O–H groups in total. The van der Waals surface area contributed by atoms with Crippen LogP contribution in [0.2, 0.25) is 0 Å². The Balaban J connectivity index is 2.26. The molecule has 3 rings (SSSR count). The number of halogens is 1. The minimum Gasteiger partial charge on any atom is -0.386 e. The van der Waals surface area contributed by atoms with Gasteiger partial charge in [-0.2, -0.15) is 10.5 Å². The number of ether oxygens (including phenoxy) is 2. The van der Waals surface area contributed by atoms with E-state index in [1.165, 1.54) is 32.4 Å². The molecule has 0 radical (unpaired) electrons. The summed E-state index contributed by atoms with van der Waals surface area (Å²) in [5, 5.41) is 19.5. The number of nitriles is 2. The number of hydrogen-bond donors (Lipinski definition) is 1. The molecule has 1 aliphatic heterocycles. The van der Waals surface area contributed by atoms with Gasteiger partial charge in [-0.1, -0.05) is 12.1 Å². The van der Waals surface area contributed by atoms with E-state index in [1.807, 2.05) is 0 Å². The molecule has 112 valence electrons. The summed E-state index contributed by atoms with van der Waals surface area (Å²) in [5.74, 6) is -2.85. The zero-order valence-electron chi connectivity index (χ0n) is 12.0. The largest absolute Gasteiger partial charge is 0.386 e. The summed E-state index contributed by atoms with van der Waals surface area (Å²) in [6, 6.07) is 9.93. The van der Waals surface area contributed by atoms with E-state index in [4.69, 9.17) is 15.2 Å². The third-order valence-electron chi connectivity index (χ3n) is 4.66. The Labute approximate surface area is 126 Å². The van der Waals surface area contributed by atoms with Gasteiger partial charge in [-0.05, 0) is 17.7 Å². The molecule has 1 saturated carbocycles. The van der Waals surface area contributed by atoms with Crippen molar-refractivity contribution in [2.75, 3.05) is 14.2 Å². The molecule has 1 aromatic carbocycles. The van der Waals surface area contributed by atoms with E-state index in [2.05, 4.69) is 17.1 Å². The summed E-state index contributed by atoms with van der Waals surface area (Å²) in [6.07, 6.45) is 0. The highest BCUT2D eigenvalue weighted by Gasteiger charge is 2.93. The second-order valence-corrected chi connectivity index (χ2v) is 5.31. The number of fused-ring (bicyclic) bond motifs is 1. The SMILES string of the molecule is COC1(OC)N=C(N)C2(C#N)C(c3cccc(F)c3)C12C#N. The summed E-state index contributed by atoms with van der Waals surface area (Å²) in [6.45, 7) is 0. The maximum absolute atomic E-state index is 13.6. The summed E-state index contributed by atoms with van der Waals surface area (Å²) in [7, 11) is 2.65. The van der Waals surface area contributed by atoms with Gasteiger partial charge in [0.2, 0.25) is 0 Å². The molecular formula is C15H13FN4O2. The molecule has 6 nitrogen and oxygen atoms in total. The molecule has 1 aliphatic carbocycles. The van der Waals surface area contributed by atoms with Crippen molar-refractivity contribution in [3.8, 4) is 12.1 Å². The van der Waals surface area contributed by atoms with Gasteiger partial charge in [0.15, 0.2) is 5.41 Å². The molecule has 0 bridgehead atoms. The Kier molecular flexibility index (Phi) is 2.80. The normalized spacial score (nSPS) is 34.2. The quantitative estimate of drug-likeness (QED) is 0.846. The monoisotopic (exact) mass is 300 g/mol. The van der Waals surface area contributed by atoms with Crippen LogP contribution in [0.3, 0.4) is 0 Å². The van der Waals surface area contributed by atoms with Crippen LogP contribution in [0.4, 0.5) is 4.39 Å². The zero-order valence-corrected chi connectivity index (χ0v) is 12.0. The fourth-order valence-electron chi connectivity index (χ4n) is 3.71. The van der Waals surface area contributed by atoms with Gasteiger partial charge >= 0.3 is 0 Å². The molecule has 22 heavy (non-hydrogen) atoms. The van der Waals surface area contributed by atoms with Crippen molar-refractivity contribution in [2.45, 2.75) is 11.8 Å². The number of rotatable bonds is 3. The van der Waals surface area contributed by atoms with Crippen LogP contribution in [0.25, 0.3) is 0 Å². The molecule has 0 saturated heterocycles. The first-order valence-corrected chi connectivity index (χ1v) is 6.53. The van der Waals surface area contributed by atoms with Crippen molar-refractivity contribution in [1.82, 2.24) is 0 Å². The predicted molar refractivity (Wildman–Crippen MR) is 73.6 cm³/mol. The first-order chi connectivity index (χ1) is 10.5. The molecular weight excluding hydrogens is 287 g/mol. The van der Waals surface area contributed by atoms with Crippen molar-refractivity contribution in [2.24, 2.45) is 21.6 Å². The summed E-state index contributed by atoms with van der Waals surface area (Å²) in [4.78, 5) is 4.08. The first-order valence-electron chi connectivity index (χ1n) is 6.53. The summed E-state index contributed by atoms with van der Waals surface area (Å²) < 4.78 is 24.2. The van der Waals surface area contributed by atoms with Crippen LogP contribution in [0, 0.1) is 39.3 Å². The first kappa shape index (κ1) is 14.5. The van der Waals surface area contributed by atoms with Gasteiger partial charge < -0.3 is 15.2 Å². The van der Waals surface area contributed by atoms with E-state index in [9.17, 15) is 14.9 Å². The second-order valence-electron chi connectivity index (χ2n) is 5.31. The number of benzene rings is 1. The van der Waals surface area contributed by atoms with Crippen LogP contribution < -0.4 is 5.73 Å². The highest BCUT2D eigenvalue weighted by Crippen LogP contribution is 2.81. The van der Waals surface area contributed by atoms with Crippen LogP contribution in [-0.2, 0) is 9.47 Å². The number of nitrogens with zero attached hydrogens (tertiary/aromatic N) is 3. The average molecular weight is 300 g/mol. The number of amidine groups is 1. The van der Waals surface area contributed by atoms with E-state index in [0.717, 1.165) is 0 Å². The van der Waals surface area contributed by atoms with Crippen molar-refractivity contribution >= 4 is 5.84 Å². The zero-order chi connectivity index (χ0) is 16.2. The highest BCUT2D eigenvalue weighted by atomic mass is 19.1. The number of hydrogen-bond acceptors (Lipinski definition) is 6. The van der Waals surface area contributed by atoms with Crippen LogP contribution in [-0.4, -0.2) is 26.0 Å². The van der Waals surface area contributed by atoms with Crippen molar-refractivity contribution in [1.29, 1.82) is 10.5 Å². The maximum atomic E-state index is 13.6. The third-order valence-corrected chi connectivity index (χ3v) is 4.66. The molecule has 1 fully saturated rings. The Morgan fingerprint density at radius 3 is 2.45 bits per heavy atom. The average Bonchev–Trinajstić information content (AvgIpc) is 3.11. The van der Waals surface area contributed by atoms with Gasteiger partial charge in [-0.15, -0.1) is 0 Å². The number of methoxy groups -OCH3 is 2. The molecule has 3 atom stereocenters. The number of aliphatic imine (C=N–C) groups is 1. The fourth-order valence-corrected chi connectivity index (χ4v) is 3.71. The van der Waals surface area contributed by atoms with E-state index >= 15 is 0 Å². The fraction of sp³-hybridized carbons (Fsp3) is 0.400. The van der Waals surface area contributed by atoms with Crippen LogP contribution >= 0.6 is 0 Å². The van der Waals surface area contributed by atoms with Crippen LogP contribution in [0.15, 0.2) is 29.3 Å². The Hall–Kier alpha value is -2.48. The molecule has 7 heteroatoms. The Bertz CT molecular complexity index is 762.